The summed E-state index contributed by atoms with van der Waals surface area (Å²) in [6.07, 6.45) is 23.9. The average molecular weight is 320 g/mol. The van der Waals surface area contributed by atoms with Gasteiger partial charge in [0.1, 0.15) is 6.10 Å². The molecule has 1 aliphatic rings. The van der Waals surface area contributed by atoms with E-state index in [1.807, 2.05) is 18.2 Å². The van der Waals surface area contributed by atoms with Crippen LogP contribution in [0.3, 0.4) is 0 Å². The summed E-state index contributed by atoms with van der Waals surface area (Å²) < 4.78 is 5.47. The molecule has 0 aliphatic carbocycles. The van der Waals surface area contributed by atoms with E-state index in [1.54, 1.807) is 0 Å². The standard InChI is InChI=1S/C20H32O3/c1-2-3-4-5-6-7-8-9-10-11-12-13-15-18-19(23-18)16-14-17-20(21)22/h9-13,15,18-19H,2-8,14,16-17H2,1H3,(H,21,22)/b10-9-,12-11+,15-13+/t18-,19-/m0/s1. The normalized spacial score (nSPS) is 20.9. The van der Waals surface area contributed by atoms with Gasteiger partial charge in [-0.3, -0.25) is 4.79 Å². The van der Waals surface area contributed by atoms with Crippen molar-refractivity contribution < 1.29 is 14.6 Å². The van der Waals surface area contributed by atoms with Crippen molar-refractivity contribution in [3.8, 4) is 0 Å². The maximum absolute atomic E-state index is 10.4. The van der Waals surface area contributed by atoms with E-state index < -0.39 is 5.97 Å². The first-order valence-electron chi connectivity index (χ1n) is 9.11. The molecule has 1 aliphatic heterocycles. The molecule has 1 fully saturated rings. The molecule has 0 aromatic rings. The quantitative estimate of drug-likeness (QED) is 0.264. The smallest absolute Gasteiger partial charge is 0.303 e. The molecule has 0 spiro atoms. The van der Waals surface area contributed by atoms with Crippen LogP contribution < -0.4 is 0 Å². The summed E-state index contributed by atoms with van der Waals surface area (Å²) in [5.41, 5.74) is 0. The van der Waals surface area contributed by atoms with E-state index >= 15 is 0 Å². The first-order valence-corrected chi connectivity index (χ1v) is 9.11. The highest BCUT2D eigenvalue weighted by Crippen LogP contribution is 2.28. The van der Waals surface area contributed by atoms with Gasteiger partial charge in [0.15, 0.2) is 0 Å². The molecular formula is C20H32O3. The highest BCUT2D eigenvalue weighted by atomic mass is 16.6. The van der Waals surface area contributed by atoms with Gasteiger partial charge in [0.05, 0.1) is 6.10 Å². The van der Waals surface area contributed by atoms with Gasteiger partial charge in [-0.2, -0.15) is 0 Å². The first kappa shape index (κ1) is 19.7. The van der Waals surface area contributed by atoms with E-state index in [9.17, 15) is 4.79 Å². The first-order chi connectivity index (χ1) is 11.2. The lowest BCUT2D eigenvalue weighted by atomic mass is 10.1. The minimum Gasteiger partial charge on any atom is -0.481 e. The fourth-order valence-corrected chi connectivity index (χ4v) is 2.53. The Balaban J connectivity index is 1.94. The Morgan fingerprint density at radius 1 is 1.00 bits per heavy atom. The Bertz CT molecular complexity index is 396. The van der Waals surface area contributed by atoms with Gasteiger partial charge < -0.3 is 9.84 Å². The minimum absolute atomic E-state index is 0.181. The SMILES string of the molecule is CCCCCCCC\C=C/C=C/C=C/[C@@H]1O[C@H]1CCCC(=O)O. The maximum atomic E-state index is 10.4. The topological polar surface area (TPSA) is 49.8 Å². The van der Waals surface area contributed by atoms with Crippen molar-refractivity contribution in [1.29, 1.82) is 0 Å². The van der Waals surface area contributed by atoms with Gasteiger partial charge in [-0.05, 0) is 25.7 Å². The van der Waals surface area contributed by atoms with Crippen molar-refractivity contribution in [3.63, 3.8) is 0 Å². The van der Waals surface area contributed by atoms with Gasteiger partial charge in [-0.15, -0.1) is 0 Å². The van der Waals surface area contributed by atoms with Crippen LogP contribution in [0, 0.1) is 0 Å². The van der Waals surface area contributed by atoms with Gasteiger partial charge >= 0.3 is 5.97 Å². The molecular weight excluding hydrogens is 288 g/mol. The Kier molecular flexibility index (Phi) is 11.2. The molecule has 1 rings (SSSR count). The monoisotopic (exact) mass is 320 g/mol. The summed E-state index contributed by atoms with van der Waals surface area (Å²) in [5, 5.41) is 8.57. The number of unbranched alkanes of at least 4 members (excludes halogenated alkanes) is 6. The zero-order valence-corrected chi connectivity index (χ0v) is 14.5. The van der Waals surface area contributed by atoms with Gasteiger partial charge in [-0.1, -0.05) is 75.5 Å². The molecule has 0 saturated carbocycles. The molecule has 1 saturated heterocycles. The predicted octanol–water partition coefficient (Wildman–Crippen LogP) is 5.43. The van der Waals surface area contributed by atoms with Crippen LogP contribution in [-0.2, 0) is 9.53 Å². The number of hydrogen-bond donors (Lipinski definition) is 1. The van der Waals surface area contributed by atoms with Crippen molar-refractivity contribution in [2.45, 2.75) is 83.3 Å². The molecule has 0 bridgehead atoms. The van der Waals surface area contributed by atoms with Crippen LogP contribution in [0.2, 0.25) is 0 Å². The lowest BCUT2D eigenvalue weighted by Crippen LogP contribution is -1.97. The van der Waals surface area contributed by atoms with Crippen LogP contribution in [0.5, 0.6) is 0 Å². The second kappa shape index (κ2) is 13.1. The number of carbonyl (C=O) groups is 1. The van der Waals surface area contributed by atoms with Crippen molar-refractivity contribution >= 4 is 5.97 Å². The molecule has 3 heteroatoms. The zero-order chi connectivity index (χ0) is 16.8. The van der Waals surface area contributed by atoms with E-state index in [4.69, 9.17) is 9.84 Å². The number of carboxylic acids is 1. The van der Waals surface area contributed by atoms with Crippen molar-refractivity contribution in [1.82, 2.24) is 0 Å². The molecule has 0 aromatic carbocycles. The van der Waals surface area contributed by atoms with Gasteiger partial charge in [-0.25, -0.2) is 0 Å². The second-order valence-electron chi connectivity index (χ2n) is 6.18. The molecule has 2 atom stereocenters. The van der Waals surface area contributed by atoms with Crippen molar-refractivity contribution in [3.05, 3.63) is 36.5 Å². The molecule has 1 heterocycles. The molecule has 0 aromatic heterocycles. The molecule has 1 N–H and O–H groups in total. The van der Waals surface area contributed by atoms with Gasteiger partial charge in [0, 0.05) is 6.42 Å². The van der Waals surface area contributed by atoms with Crippen LogP contribution in [0.4, 0.5) is 0 Å². The average Bonchev–Trinajstić information content (AvgIpc) is 3.26. The Morgan fingerprint density at radius 3 is 2.52 bits per heavy atom. The van der Waals surface area contributed by atoms with Gasteiger partial charge in [0.25, 0.3) is 0 Å². The lowest BCUT2D eigenvalue weighted by Gasteiger charge is -1.97. The van der Waals surface area contributed by atoms with Crippen LogP contribution in [0.25, 0.3) is 0 Å². The molecule has 130 valence electrons. The summed E-state index contributed by atoms with van der Waals surface area (Å²) in [5.74, 6) is -0.728. The van der Waals surface area contributed by atoms with Crippen molar-refractivity contribution in [2.75, 3.05) is 0 Å². The van der Waals surface area contributed by atoms with Crippen LogP contribution in [-0.4, -0.2) is 23.3 Å². The molecule has 3 nitrogen and oxygen atoms in total. The predicted molar refractivity (Wildman–Crippen MR) is 95.6 cm³/mol. The second-order valence-corrected chi connectivity index (χ2v) is 6.18. The number of aliphatic carboxylic acids is 1. The third-order valence-electron chi connectivity index (χ3n) is 4.00. The van der Waals surface area contributed by atoms with Gasteiger partial charge in [0.2, 0.25) is 0 Å². The maximum Gasteiger partial charge on any atom is 0.303 e. The lowest BCUT2D eigenvalue weighted by molar-refractivity contribution is -0.137. The number of allylic oxidation sites excluding steroid dienone is 5. The number of carboxylic acid groups (broad SMARTS) is 1. The number of rotatable bonds is 14. The summed E-state index contributed by atoms with van der Waals surface area (Å²) in [6, 6.07) is 0. The summed E-state index contributed by atoms with van der Waals surface area (Å²) in [6.45, 7) is 2.25. The van der Waals surface area contributed by atoms with E-state index in [1.165, 1.54) is 38.5 Å². The van der Waals surface area contributed by atoms with E-state index in [2.05, 4.69) is 25.2 Å². The largest absolute Gasteiger partial charge is 0.481 e. The molecule has 0 radical (unpaired) electrons. The van der Waals surface area contributed by atoms with E-state index in [0.717, 1.165) is 12.8 Å². The Hall–Kier alpha value is -1.35. The molecule has 0 amide bonds. The summed E-state index contributed by atoms with van der Waals surface area (Å²) in [4.78, 5) is 10.4. The zero-order valence-electron chi connectivity index (χ0n) is 14.5. The minimum atomic E-state index is -0.728. The van der Waals surface area contributed by atoms with Crippen LogP contribution >= 0.6 is 0 Å². The van der Waals surface area contributed by atoms with Crippen LogP contribution in [0.1, 0.15) is 71.1 Å². The third-order valence-corrected chi connectivity index (χ3v) is 4.00. The number of hydrogen-bond acceptors (Lipinski definition) is 2. The highest BCUT2D eigenvalue weighted by molar-refractivity contribution is 5.66. The van der Waals surface area contributed by atoms with Crippen LogP contribution in [0.15, 0.2) is 36.5 Å². The van der Waals surface area contributed by atoms with E-state index in [-0.39, 0.29) is 18.6 Å². The Labute approximate surface area is 141 Å². The summed E-state index contributed by atoms with van der Waals surface area (Å²) >= 11 is 0. The molecule has 0 unspecified atom stereocenters. The number of epoxide rings is 1. The molecule has 23 heavy (non-hydrogen) atoms. The fourth-order valence-electron chi connectivity index (χ4n) is 2.53. The summed E-state index contributed by atoms with van der Waals surface area (Å²) in [7, 11) is 0. The van der Waals surface area contributed by atoms with Crippen molar-refractivity contribution in [2.24, 2.45) is 0 Å². The highest BCUT2D eigenvalue weighted by Gasteiger charge is 2.35. The fraction of sp³-hybridized carbons (Fsp3) is 0.650. The third kappa shape index (κ3) is 11.8. The number of ether oxygens (including phenoxy) is 1. The Morgan fingerprint density at radius 2 is 1.74 bits per heavy atom. The van der Waals surface area contributed by atoms with E-state index in [0.29, 0.717) is 6.42 Å².